The van der Waals surface area contributed by atoms with Crippen molar-refractivity contribution >= 4 is 17.1 Å². The van der Waals surface area contributed by atoms with Crippen LogP contribution in [-0.2, 0) is 4.74 Å². The van der Waals surface area contributed by atoms with Gasteiger partial charge < -0.3 is 14.6 Å². The standard InChI is InChI=1S/C19H27N3O2/c1-12-6-9-17-16(10-12)20-13(2)22(17)15-8-7-14(11-15)21-18(23)24-19(3,4)5/h6,9-10,14-15H,7-8,11H2,1-5H3,(H,21,23)/t14-,15-/m0/s1. The molecule has 1 heterocycles. The third-order valence-corrected chi connectivity index (χ3v) is 4.51. The molecule has 1 aliphatic carbocycles. The van der Waals surface area contributed by atoms with Crippen LogP contribution in [0.3, 0.4) is 0 Å². The molecule has 0 spiro atoms. The van der Waals surface area contributed by atoms with Crippen LogP contribution in [0.1, 0.15) is 57.5 Å². The molecule has 5 nitrogen and oxygen atoms in total. The average Bonchev–Trinajstić information content (AvgIpc) is 2.99. The zero-order chi connectivity index (χ0) is 17.5. The largest absolute Gasteiger partial charge is 0.444 e. The van der Waals surface area contributed by atoms with Crippen LogP contribution in [0.25, 0.3) is 11.0 Å². The van der Waals surface area contributed by atoms with Crippen LogP contribution in [-0.4, -0.2) is 27.3 Å². The van der Waals surface area contributed by atoms with Gasteiger partial charge in [0.15, 0.2) is 0 Å². The maximum atomic E-state index is 12.0. The summed E-state index contributed by atoms with van der Waals surface area (Å²) in [5.41, 5.74) is 3.00. The summed E-state index contributed by atoms with van der Waals surface area (Å²) in [6.45, 7) is 9.79. The Morgan fingerprint density at radius 1 is 1.29 bits per heavy atom. The van der Waals surface area contributed by atoms with Crippen molar-refractivity contribution in [2.75, 3.05) is 0 Å². The number of amides is 1. The smallest absolute Gasteiger partial charge is 0.407 e. The molecule has 1 aromatic carbocycles. The Morgan fingerprint density at radius 2 is 2.04 bits per heavy atom. The number of alkyl carbamates (subject to hydrolysis) is 1. The number of hydrogen-bond donors (Lipinski definition) is 1. The van der Waals surface area contributed by atoms with E-state index in [2.05, 4.69) is 41.9 Å². The molecule has 1 N–H and O–H groups in total. The molecule has 1 fully saturated rings. The SMILES string of the molecule is Cc1ccc2c(c1)nc(C)n2[C@H]1CC[C@H](NC(=O)OC(C)(C)C)C1. The highest BCUT2D eigenvalue weighted by Gasteiger charge is 2.30. The zero-order valence-corrected chi connectivity index (χ0v) is 15.2. The molecule has 1 aromatic heterocycles. The lowest BCUT2D eigenvalue weighted by molar-refractivity contribution is 0.0505. The maximum Gasteiger partial charge on any atom is 0.407 e. The summed E-state index contributed by atoms with van der Waals surface area (Å²) >= 11 is 0. The van der Waals surface area contributed by atoms with Crippen molar-refractivity contribution in [3.05, 3.63) is 29.6 Å². The first-order valence-corrected chi connectivity index (χ1v) is 8.67. The van der Waals surface area contributed by atoms with Gasteiger partial charge in [-0.25, -0.2) is 9.78 Å². The van der Waals surface area contributed by atoms with E-state index in [4.69, 9.17) is 9.72 Å². The van der Waals surface area contributed by atoms with E-state index >= 15 is 0 Å². The van der Waals surface area contributed by atoms with E-state index in [1.54, 1.807) is 0 Å². The van der Waals surface area contributed by atoms with Gasteiger partial charge in [0.05, 0.1) is 11.0 Å². The number of hydrogen-bond acceptors (Lipinski definition) is 3. The molecule has 0 radical (unpaired) electrons. The minimum absolute atomic E-state index is 0.159. The van der Waals surface area contributed by atoms with E-state index in [1.165, 1.54) is 11.1 Å². The number of rotatable bonds is 2. The fourth-order valence-corrected chi connectivity index (χ4v) is 3.59. The van der Waals surface area contributed by atoms with Crippen LogP contribution in [0.15, 0.2) is 18.2 Å². The van der Waals surface area contributed by atoms with Crippen LogP contribution in [0.5, 0.6) is 0 Å². The number of benzene rings is 1. The number of aryl methyl sites for hydroxylation is 2. The molecule has 1 aliphatic rings. The molecule has 2 aromatic rings. The first kappa shape index (κ1) is 16.8. The molecule has 5 heteroatoms. The van der Waals surface area contributed by atoms with E-state index < -0.39 is 5.60 Å². The molecule has 130 valence electrons. The van der Waals surface area contributed by atoms with Gasteiger partial charge in [-0.05, 0) is 71.6 Å². The molecule has 3 rings (SSSR count). The van der Waals surface area contributed by atoms with Gasteiger partial charge in [-0.15, -0.1) is 0 Å². The molecule has 1 saturated carbocycles. The van der Waals surface area contributed by atoms with Gasteiger partial charge >= 0.3 is 6.09 Å². The fourth-order valence-electron chi connectivity index (χ4n) is 3.59. The van der Waals surface area contributed by atoms with Gasteiger partial charge in [0.25, 0.3) is 0 Å². The molecule has 0 saturated heterocycles. The van der Waals surface area contributed by atoms with Crippen LogP contribution < -0.4 is 5.32 Å². The van der Waals surface area contributed by atoms with E-state index in [1.807, 2.05) is 20.8 Å². The number of carbonyl (C=O) groups is 1. The predicted octanol–water partition coefficient (Wildman–Crippen LogP) is 4.27. The normalized spacial score (nSPS) is 21.2. The van der Waals surface area contributed by atoms with Crippen molar-refractivity contribution < 1.29 is 9.53 Å². The Morgan fingerprint density at radius 3 is 2.75 bits per heavy atom. The van der Waals surface area contributed by atoms with E-state index in [9.17, 15) is 4.79 Å². The summed E-state index contributed by atoms with van der Waals surface area (Å²) < 4.78 is 7.69. The number of fused-ring (bicyclic) bond motifs is 1. The molecular formula is C19H27N3O2. The van der Waals surface area contributed by atoms with Gasteiger partial charge in [-0.3, -0.25) is 0 Å². The highest BCUT2D eigenvalue weighted by atomic mass is 16.6. The molecule has 0 aliphatic heterocycles. The Hall–Kier alpha value is -2.04. The van der Waals surface area contributed by atoms with Crippen molar-refractivity contribution in [1.82, 2.24) is 14.9 Å². The summed E-state index contributed by atoms with van der Waals surface area (Å²) in [5, 5.41) is 3.01. The predicted molar refractivity (Wildman–Crippen MR) is 95.3 cm³/mol. The zero-order valence-electron chi connectivity index (χ0n) is 15.2. The number of nitrogens with one attached hydrogen (secondary N) is 1. The van der Waals surface area contributed by atoms with Crippen LogP contribution in [0, 0.1) is 13.8 Å². The van der Waals surface area contributed by atoms with Gasteiger partial charge in [-0.2, -0.15) is 0 Å². The topological polar surface area (TPSA) is 56.2 Å². The van der Waals surface area contributed by atoms with E-state index in [0.717, 1.165) is 30.6 Å². The first-order chi connectivity index (χ1) is 11.2. The van der Waals surface area contributed by atoms with E-state index in [0.29, 0.717) is 6.04 Å². The van der Waals surface area contributed by atoms with Gasteiger partial charge in [-0.1, -0.05) is 6.07 Å². The van der Waals surface area contributed by atoms with Gasteiger partial charge in [0, 0.05) is 12.1 Å². The molecule has 2 atom stereocenters. The van der Waals surface area contributed by atoms with Crippen molar-refractivity contribution in [3.63, 3.8) is 0 Å². The van der Waals surface area contributed by atoms with Crippen LogP contribution in [0.4, 0.5) is 4.79 Å². The van der Waals surface area contributed by atoms with Gasteiger partial charge in [0.1, 0.15) is 11.4 Å². The lowest BCUT2D eigenvalue weighted by atomic mass is 10.2. The minimum atomic E-state index is -0.461. The van der Waals surface area contributed by atoms with Crippen molar-refractivity contribution in [2.45, 2.75) is 71.6 Å². The number of nitrogens with zero attached hydrogens (tertiary/aromatic N) is 2. The van der Waals surface area contributed by atoms with Crippen molar-refractivity contribution in [2.24, 2.45) is 0 Å². The lowest BCUT2D eigenvalue weighted by Crippen LogP contribution is -2.38. The molecule has 0 unspecified atom stereocenters. The van der Waals surface area contributed by atoms with Crippen molar-refractivity contribution in [3.8, 4) is 0 Å². The molecular weight excluding hydrogens is 302 g/mol. The Labute approximate surface area is 143 Å². The fraction of sp³-hybridized carbons (Fsp3) is 0.579. The second kappa shape index (κ2) is 6.11. The highest BCUT2D eigenvalue weighted by molar-refractivity contribution is 5.77. The average molecular weight is 329 g/mol. The first-order valence-electron chi connectivity index (χ1n) is 8.67. The quantitative estimate of drug-likeness (QED) is 0.895. The number of imidazole rings is 1. The van der Waals surface area contributed by atoms with Crippen molar-refractivity contribution in [1.29, 1.82) is 0 Å². The summed E-state index contributed by atoms with van der Waals surface area (Å²) in [7, 11) is 0. The maximum absolute atomic E-state index is 12.0. The third-order valence-electron chi connectivity index (χ3n) is 4.51. The minimum Gasteiger partial charge on any atom is -0.444 e. The summed E-state index contributed by atoms with van der Waals surface area (Å²) in [5.74, 6) is 1.04. The lowest BCUT2D eigenvalue weighted by Gasteiger charge is -2.22. The van der Waals surface area contributed by atoms with Crippen LogP contribution >= 0.6 is 0 Å². The Bertz CT molecular complexity index is 758. The van der Waals surface area contributed by atoms with Crippen LogP contribution in [0.2, 0.25) is 0 Å². The summed E-state index contributed by atoms with van der Waals surface area (Å²) in [4.78, 5) is 16.7. The second-order valence-electron chi connectivity index (χ2n) is 7.83. The number of aromatic nitrogens is 2. The Kier molecular flexibility index (Phi) is 4.28. The number of ether oxygens (including phenoxy) is 1. The second-order valence-corrected chi connectivity index (χ2v) is 7.83. The Balaban J connectivity index is 1.72. The number of carbonyl (C=O) groups excluding carboxylic acids is 1. The van der Waals surface area contributed by atoms with E-state index in [-0.39, 0.29) is 12.1 Å². The molecule has 24 heavy (non-hydrogen) atoms. The monoisotopic (exact) mass is 329 g/mol. The highest BCUT2D eigenvalue weighted by Crippen LogP contribution is 2.34. The third kappa shape index (κ3) is 3.55. The van der Waals surface area contributed by atoms with Gasteiger partial charge in [0.2, 0.25) is 0 Å². The summed E-state index contributed by atoms with van der Waals surface area (Å²) in [6, 6.07) is 6.94. The molecule has 1 amide bonds. The molecule has 0 bridgehead atoms. The summed E-state index contributed by atoms with van der Waals surface area (Å²) in [6.07, 6.45) is 2.60.